The maximum atomic E-state index is 12.4. The van der Waals surface area contributed by atoms with Crippen molar-refractivity contribution < 1.29 is 23.8 Å². The first kappa shape index (κ1) is 21.8. The van der Waals surface area contributed by atoms with Crippen LogP contribution < -0.4 is 14.2 Å². The number of aromatic nitrogens is 1. The molecule has 6 heteroatoms. The zero-order valence-electron chi connectivity index (χ0n) is 17.4. The summed E-state index contributed by atoms with van der Waals surface area (Å²) in [5, 5.41) is 0. The molecule has 3 rings (SSSR count). The summed E-state index contributed by atoms with van der Waals surface area (Å²) < 4.78 is 16.1. The van der Waals surface area contributed by atoms with E-state index >= 15 is 0 Å². The van der Waals surface area contributed by atoms with Crippen molar-refractivity contribution in [1.82, 2.24) is 4.98 Å². The molecule has 1 aromatic heterocycles. The van der Waals surface area contributed by atoms with Crippen LogP contribution in [0.25, 0.3) is 6.08 Å². The zero-order chi connectivity index (χ0) is 22.1. The molecular weight excluding hydrogens is 394 g/mol. The van der Waals surface area contributed by atoms with E-state index in [2.05, 4.69) is 4.98 Å². The number of allylic oxidation sites excluding steroid dienone is 1. The number of methoxy groups -OCH3 is 1. The summed E-state index contributed by atoms with van der Waals surface area (Å²) in [5.74, 6) is 1.02. The fourth-order valence-electron chi connectivity index (χ4n) is 2.91. The Hall–Kier alpha value is -3.93. The van der Waals surface area contributed by atoms with E-state index in [1.165, 1.54) is 20.1 Å². The Balaban J connectivity index is 1.61. The SMILES string of the molecule is COc1ccc(/C=C/C(=O)Cc2cccc(COc3ccncc3)c2)cc1OC(C)=O. The van der Waals surface area contributed by atoms with Crippen LogP contribution in [-0.4, -0.2) is 23.8 Å². The molecule has 0 aliphatic rings. The quantitative estimate of drug-likeness (QED) is 0.291. The summed E-state index contributed by atoms with van der Waals surface area (Å²) in [6.07, 6.45) is 6.82. The van der Waals surface area contributed by atoms with Gasteiger partial charge < -0.3 is 14.2 Å². The van der Waals surface area contributed by atoms with E-state index in [1.54, 1.807) is 48.8 Å². The molecule has 2 aromatic carbocycles. The van der Waals surface area contributed by atoms with Crippen LogP contribution in [0.15, 0.2) is 73.1 Å². The van der Waals surface area contributed by atoms with Crippen LogP contribution in [0, 0.1) is 0 Å². The van der Waals surface area contributed by atoms with E-state index < -0.39 is 5.97 Å². The van der Waals surface area contributed by atoms with Gasteiger partial charge in [-0.05, 0) is 47.0 Å². The van der Waals surface area contributed by atoms with Gasteiger partial charge in [-0.2, -0.15) is 0 Å². The molecule has 0 aliphatic heterocycles. The predicted octanol–water partition coefficient (Wildman–Crippen LogP) is 4.42. The van der Waals surface area contributed by atoms with E-state index in [0.717, 1.165) is 22.4 Å². The standard InChI is InChI=1S/C25H23NO5/c1-18(27)31-25-16-19(7-9-24(25)29-2)6-8-22(28)15-20-4-3-5-21(14-20)17-30-23-10-12-26-13-11-23/h3-14,16H,15,17H2,1-2H3/b8-6+. The highest BCUT2D eigenvalue weighted by Gasteiger charge is 2.08. The van der Waals surface area contributed by atoms with E-state index in [-0.39, 0.29) is 12.2 Å². The molecule has 0 aliphatic carbocycles. The van der Waals surface area contributed by atoms with Gasteiger partial charge in [-0.1, -0.05) is 36.4 Å². The van der Waals surface area contributed by atoms with Gasteiger partial charge in [0.05, 0.1) is 7.11 Å². The summed E-state index contributed by atoms with van der Waals surface area (Å²) in [6.45, 7) is 1.73. The van der Waals surface area contributed by atoms with Crippen molar-refractivity contribution in [2.75, 3.05) is 7.11 Å². The molecule has 0 N–H and O–H groups in total. The van der Waals surface area contributed by atoms with Gasteiger partial charge in [0.15, 0.2) is 17.3 Å². The first-order valence-corrected chi connectivity index (χ1v) is 9.71. The lowest BCUT2D eigenvalue weighted by atomic mass is 10.1. The summed E-state index contributed by atoms with van der Waals surface area (Å²) in [6, 6.07) is 16.5. The van der Waals surface area contributed by atoms with Crippen molar-refractivity contribution in [1.29, 1.82) is 0 Å². The number of pyridine rings is 1. The van der Waals surface area contributed by atoms with Crippen LogP contribution in [0.3, 0.4) is 0 Å². The number of carbonyl (C=O) groups is 2. The number of nitrogens with zero attached hydrogens (tertiary/aromatic N) is 1. The smallest absolute Gasteiger partial charge is 0.308 e. The molecule has 0 saturated carbocycles. The molecule has 0 saturated heterocycles. The number of rotatable bonds is 9. The van der Waals surface area contributed by atoms with E-state index in [4.69, 9.17) is 14.2 Å². The fraction of sp³-hybridized carbons (Fsp3) is 0.160. The Morgan fingerprint density at radius 3 is 2.48 bits per heavy atom. The lowest BCUT2D eigenvalue weighted by Crippen LogP contribution is -2.03. The van der Waals surface area contributed by atoms with Crippen molar-refractivity contribution in [2.45, 2.75) is 20.0 Å². The molecule has 6 nitrogen and oxygen atoms in total. The third kappa shape index (κ3) is 6.82. The molecule has 1 heterocycles. The number of benzene rings is 2. The summed E-state index contributed by atoms with van der Waals surface area (Å²) in [4.78, 5) is 27.6. The molecule has 0 radical (unpaired) electrons. The number of ether oxygens (including phenoxy) is 3. The van der Waals surface area contributed by atoms with Crippen LogP contribution in [0.1, 0.15) is 23.6 Å². The number of carbonyl (C=O) groups excluding carboxylic acids is 2. The Morgan fingerprint density at radius 2 is 1.74 bits per heavy atom. The molecule has 0 fully saturated rings. The highest BCUT2D eigenvalue weighted by atomic mass is 16.6. The predicted molar refractivity (Wildman–Crippen MR) is 117 cm³/mol. The van der Waals surface area contributed by atoms with Crippen molar-refractivity contribution in [3.63, 3.8) is 0 Å². The molecule has 158 valence electrons. The van der Waals surface area contributed by atoms with Gasteiger partial charge in [-0.3, -0.25) is 14.6 Å². The largest absolute Gasteiger partial charge is 0.493 e. The highest BCUT2D eigenvalue weighted by Crippen LogP contribution is 2.28. The lowest BCUT2D eigenvalue weighted by Gasteiger charge is -2.08. The summed E-state index contributed by atoms with van der Waals surface area (Å²) in [5.41, 5.74) is 2.61. The molecule has 0 amide bonds. The summed E-state index contributed by atoms with van der Waals surface area (Å²) >= 11 is 0. The Labute approximate surface area is 181 Å². The molecule has 0 bridgehead atoms. The van der Waals surface area contributed by atoms with E-state index in [0.29, 0.717) is 18.1 Å². The van der Waals surface area contributed by atoms with Crippen molar-refractivity contribution in [3.8, 4) is 17.2 Å². The minimum Gasteiger partial charge on any atom is -0.493 e. The molecular formula is C25H23NO5. The average Bonchev–Trinajstić information content (AvgIpc) is 2.77. The molecule has 0 unspecified atom stereocenters. The van der Waals surface area contributed by atoms with Crippen LogP contribution in [0.4, 0.5) is 0 Å². The second-order valence-electron chi connectivity index (χ2n) is 6.77. The molecule has 0 spiro atoms. The van der Waals surface area contributed by atoms with Gasteiger partial charge >= 0.3 is 5.97 Å². The third-order valence-corrected chi connectivity index (χ3v) is 4.33. The second kappa shape index (κ2) is 10.7. The first-order chi connectivity index (χ1) is 15.0. The van der Waals surface area contributed by atoms with Gasteiger partial charge in [0.25, 0.3) is 0 Å². The Kier molecular flexibility index (Phi) is 7.54. The van der Waals surface area contributed by atoms with Crippen LogP contribution >= 0.6 is 0 Å². The fourth-order valence-corrected chi connectivity index (χ4v) is 2.91. The van der Waals surface area contributed by atoms with Gasteiger partial charge in [-0.25, -0.2) is 0 Å². The van der Waals surface area contributed by atoms with Gasteiger partial charge in [-0.15, -0.1) is 0 Å². The van der Waals surface area contributed by atoms with Gasteiger partial charge in [0.1, 0.15) is 12.4 Å². The zero-order valence-corrected chi connectivity index (χ0v) is 17.4. The van der Waals surface area contributed by atoms with Crippen molar-refractivity contribution in [3.05, 3.63) is 89.8 Å². The summed E-state index contributed by atoms with van der Waals surface area (Å²) in [7, 11) is 1.50. The molecule has 31 heavy (non-hydrogen) atoms. The van der Waals surface area contributed by atoms with E-state index in [1.807, 2.05) is 24.3 Å². The van der Waals surface area contributed by atoms with Crippen LogP contribution in [0.5, 0.6) is 17.2 Å². The Bertz CT molecular complexity index is 1080. The number of hydrogen-bond acceptors (Lipinski definition) is 6. The van der Waals surface area contributed by atoms with Gasteiger partial charge in [0, 0.05) is 25.7 Å². The number of hydrogen-bond donors (Lipinski definition) is 0. The van der Waals surface area contributed by atoms with E-state index in [9.17, 15) is 9.59 Å². The average molecular weight is 417 g/mol. The van der Waals surface area contributed by atoms with Crippen molar-refractivity contribution in [2.24, 2.45) is 0 Å². The number of esters is 1. The third-order valence-electron chi connectivity index (χ3n) is 4.33. The monoisotopic (exact) mass is 417 g/mol. The topological polar surface area (TPSA) is 74.7 Å². The molecule has 3 aromatic rings. The Morgan fingerprint density at radius 1 is 0.968 bits per heavy atom. The maximum Gasteiger partial charge on any atom is 0.308 e. The molecule has 0 atom stereocenters. The lowest BCUT2D eigenvalue weighted by molar-refractivity contribution is -0.132. The minimum atomic E-state index is -0.441. The highest BCUT2D eigenvalue weighted by molar-refractivity contribution is 5.95. The van der Waals surface area contributed by atoms with Crippen LogP contribution in [-0.2, 0) is 22.6 Å². The van der Waals surface area contributed by atoms with Crippen LogP contribution in [0.2, 0.25) is 0 Å². The normalized spacial score (nSPS) is 10.6. The van der Waals surface area contributed by atoms with Gasteiger partial charge in [0.2, 0.25) is 0 Å². The van der Waals surface area contributed by atoms with Crippen molar-refractivity contribution >= 4 is 17.8 Å². The maximum absolute atomic E-state index is 12.4. The number of ketones is 1. The first-order valence-electron chi connectivity index (χ1n) is 9.71. The minimum absolute atomic E-state index is 0.0444. The second-order valence-corrected chi connectivity index (χ2v) is 6.77.